The summed E-state index contributed by atoms with van der Waals surface area (Å²) in [5.41, 5.74) is 15.4. The summed E-state index contributed by atoms with van der Waals surface area (Å²) in [6, 6.07) is 18.6. The first kappa shape index (κ1) is 17.2. The van der Waals surface area contributed by atoms with Crippen molar-refractivity contribution in [1.82, 2.24) is 15.0 Å². The highest BCUT2D eigenvalue weighted by atomic mass is 15.0. The largest absolute Gasteiger partial charge is 0.368 e. The first-order valence-corrected chi connectivity index (χ1v) is 9.06. The lowest BCUT2D eigenvalue weighted by molar-refractivity contribution is 1.06. The van der Waals surface area contributed by atoms with Gasteiger partial charge in [0.1, 0.15) is 5.52 Å². The van der Waals surface area contributed by atoms with Gasteiger partial charge in [-0.2, -0.15) is 0 Å². The standard InChI is InChI=1S/C23H22N4/c1-14-11-15(2)21(16(3)12-14)18-9-10-19-22(25-18)20(27-23(24)26-19)13-17-7-5-4-6-8-17/h4-12H,13H2,1-3H3,(H2,24,26,27). The molecule has 2 aromatic carbocycles. The first-order chi connectivity index (χ1) is 13.0. The molecule has 0 saturated carbocycles. The fourth-order valence-corrected chi connectivity index (χ4v) is 3.73. The highest BCUT2D eigenvalue weighted by Crippen LogP contribution is 2.29. The molecule has 4 nitrogen and oxygen atoms in total. The summed E-state index contributed by atoms with van der Waals surface area (Å²) >= 11 is 0. The second kappa shape index (κ2) is 6.80. The molecule has 0 unspecified atom stereocenters. The van der Waals surface area contributed by atoms with Crippen molar-refractivity contribution in [3.05, 3.63) is 82.5 Å². The number of fused-ring (bicyclic) bond motifs is 1. The van der Waals surface area contributed by atoms with E-state index in [-0.39, 0.29) is 5.95 Å². The molecule has 0 radical (unpaired) electrons. The van der Waals surface area contributed by atoms with Gasteiger partial charge in [0.05, 0.1) is 16.9 Å². The average Bonchev–Trinajstić information content (AvgIpc) is 2.62. The number of hydrogen-bond donors (Lipinski definition) is 1. The van der Waals surface area contributed by atoms with Crippen LogP contribution in [-0.4, -0.2) is 15.0 Å². The summed E-state index contributed by atoms with van der Waals surface area (Å²) in [5, 5.41) is 0. The van der Waals surface area contributed by atoms with Crippen LogP contribution in [-0.2, 0) is 6.42 Å². The molecule has 0 spiro atoms. The molecule has 0 saturated heterocycles. The quantitative estimate of drug-likeness (QED) is 0.574. The van der Waals surface area contributed by atoms with Gasteiger partial charge in [-0.25, -0.2) is 15.0 Å². The van der Waals surface area contributed by atoms with Crippen LogP contribution in [0.25, 0.3) is 22.3 Å². The molecule has 0 amide bonds. The topological polar surface area (TPSA) is 64.7 Å². The van der Waals surface area contributed by atoms with E-state index in [2.05, 4.69) is 55.0 Å². The lowest BCUT2D eigenvalue weighted by atomic mass is 9.96. The number of hydrogen-bond acceptors (Lipinski definition) is 4. The number of rotatable bonds is 3. The predicted molar refractivity (Wildman–Crippen MR) is 111 cm³/mol. The van der Waals surface area contributed by atoms with Gasteiger partial charge in [-0.15, -0.1) is 0 Å². The van der Waals surface area contributed by atoms with Crippen LogP contribution in [0.2, 0.25) is 0 Å². The molecule has 4 heteroatoms. The number of benzene rings is 2. The van der Waals surface area contributed by atoms with E-state index >= 15 is 0 Å². The number of aromatic nitrogens is 3. The second-order valence-corrected chi connectivity index (χ2v) is 7.03. The van der Waals surface area contributed by atoms with Crippen molar-refractivity contribution in [3.63, 3.8) is 0 Å². The van der Waals surface area contributed by atoms with Crippen molar-refractivity contribution in [2.45, 2.75) is 27.2 Å². The maximum Gasteiger partial charge on any atom is 0.220 e. The van der Waals surface area contributed by atoms with E-state index in [0.717, 1.165) is 22.4 Å². The molecular formula is C23H22N4. The molecule has 27 heavy (non-hydrogen) atoms. The van der Waals surface area contributed by atoms with E-state index < -0.39 is 0 Å². The van der Waals surface area contributed by atoms with Crippen LogP contribution in [0.4, 0.5) is 5.95 Å². The lowest BCUT2D eigenvalue weighted by Crippen LogP contribution is -2.04. The van der Waals surface area contributed by atoms with Crippen LogP contribution in [0.15, 0.2) is 54.6 Å². The third-order valence-electron chi connectivity index (χ3n) is 4.78. The minimum Gasteiger partial charge on any atom is -0.368 e. The lowest BCUT2D eigenvalue weighted by Gasteiger charge is -2.13. The van der Waals surface area contributed by atoms with E-state index in [1.807, 2.05) is 30.3 Å². The molecule has 2 N–H and O–H groups in total. The van der Waals surface area contributed by atoms with Gasteiger partial charge in [0.2, 0.25) is 5.95 Å². The number of pyridine rings is 1. The van der Waals surface area contributed by atoms with E-state index in [0.29, 0.717) is 6.42 Å². The molecule has 2 heterocycles. The molecule has 2 aromatic heterocycles. The Kier molecular flexibility index (Phi) is 4.32. The summed E-state index contributed by atoms with van der Waals surface area (Å²) in [5.74, 6) is 0.283. The van der Waals surface area contributed by atoms with E-state index in [4.69, 9.17) is 10.7 Å². The monoisotopic (exact) mass is 354 g/mol. The fraction of sp³-hybridized carbons (Fsp3) is 0.174. The Bertz CT molecular complexity index is 1110. The highest BCUT2D eigenvalue weighted by Gasteiger charge is 2.13. The molecule has 0 atom stereocenters. The zero-order chi connectivity index (χ0) is 19.0. The summed E-state index contributed by atoms with van der Waals surface area (Å²) in [6.07, 6.45) is 0.673. The maximum absolute atomic E-state index is 5.94. The van der Waals surface area contributed by atoms with Crippen LogP contribution in [0.5, 0.6) is 0 Å². The first-order valence-electron chi connectivity index (χ1n) is 9.06. The van der Waals surface area contributed by atoms with E-state index in [1.54, 1.807) is 0 Å². The summed E-state index contributed by atoms with van der Waals surface area (Å²) in [6.45, 7) is 6.38. The van der Waals surface area contributed by atoms with Crippen molar-refractivity contribution in [2.75, 3.05) is 5.73 Å². The molecular weight excluding hydrogens is 332 g/mol. The van der Waals surface area contributed by atoms with Gasteiger partial charge in [-0.1, -0.05) is 48.0 Å². The summed E-state index contributed by atoms with van der Waals surface area (Å²) in [7, 11) is 0. The number of aryl methyl sites for hydroxylation is 3. The third-order valence-corrected chi connectivity index (χ3v) is 4.78. The van der Waals surface area contributed by atoms with Gasteiger partial charge < -0.3 is 5.73 Å². The van der Waals surface area contributed by atoms with Crippen molar-refractivity contribution >= 4 is 17.0 Å². The normalized spacial score (nSPS) is 11.1. The molecule has 0 aliphatic carbocycles. The van der Waals surface area contributed by atoms with Crippen LogP contribution >= 0.6 is 0 Å². The van der Waals surface area contributed by atoms with Gasteiger partial charge in [0.25, 0.3) is 0 Å². The van der Waals surface area contributed by atoms with Gasteiger partial charge in [-0.05, 0) is 49.6 Å². The highest BCUT2D eigenvalue weighted by molar-refractivity contribution is 5.82. The van der Waals surface area contributed by atoms with Crippen molar-refractivity contribution in [2.24, 2.45) is 0 Å². The van der Waals surface area contributed by atoms with Crippen LogP contribution in [0.1, 0.15) is 27.9 Å². The Hall–Kier alpha value is -3.27. The van der Waals surface area contributed by atoms with Crippen LogP contribution in [0, 0.1) is 20.8 Å². The van der Waals surface area contributed by atoms with Crippen molar-refractivity contribution in [3.8, 4) is 11.3 Å². The number of nitrogens with two attached hydrogens (primary N) is 1. The molecule has 4 rings (SSSR count). The smallest absolute Gasteiger partial charge is 0.220 e. The number of nitrogens with zero attached hydrogens (tertiary/aromatic N) is 3. The number of nitrogen functional groups attached to an aromatic ring is 1. The molecule has 0 fully saturated rings. The van der Waals surface area contributed by atoms with E-state index in [9.17, 15) is 0 Å². The minimum atomic E-state index is 0.283. The zero-order valence-corrected chi connectivity index (χ0v) is 15.8. The van der Waals surface area contributed by atoms with Crippen molar-refractivity contribution < 1.29 is 0 Å². The maximum atomic E-state index is 5.94. The zero-order valence-electron chi connectivity index (χ0n) is 15.8. The van der Waals surface area contributed by atoms with E-state index in [1.165, 1.54) is 27.8 Å². The van der Waals surface area contributed by atoms with Crippen LogP contribution in [0.3, 0.4) is 0 Å². The third kappa shape index (κ3) is 3.38. The fourth-order valence-electron chi connectivity index (χ4n) is 3.73. The molecule has 0 aliphatic heterocycles. The van der Waals surface area contributed by atoms with Crippen LogP contribution < -0.4 is 5.73 Å². The Labute approximate surface area is 159 Å². The average molecular weight is 354 g/mol. The van der Waals surface area contributed by atoms with Gasteiger partial charge in [0, 0.05) is 12.0 Å². The van der Waals surface area contributed by atoms with Crippen molar-refractivity contribution in [1.29, 1.82) is 0 Å². The Balaban J connectivity index is 1.89. The molecule has 0 aliphatic rings. The number of anilines is 1. The SMILES string of the molecule is Cc1cc(C)c(-c2ccc3nc(N)nc(Cc4ccccc4)c3n2)c(C)c1. The predicted octanol–water partition coefficient (Wildman–Crippen LogP) is 4.79. The van der Waals surface area contributed by atoms with Gasteiger partial charge >= 0.3 is 0 Å². The summed E-state index contributed by atoms with van der Waals surface area (Å²) in [4.78, 5) is 13.8. The Morgan fingerprint density at radius 3 is 2.22 bits per heavy atom. The van der Waals surface area contributed by atoms with Gasteiger partial charge in [0.15, 0.2) is 0 Å². The second-order valence-electron chi connectivity index (χ2n) is 7.03. The van der Waals surface area contributed by atoms with Gasteiger partial charge in [-0.3, -0.25) is 0 Å². The summed E-state index contributed by atoms with van der Waals surface area (Å²) < 4.78 is 0. The minimum absolute atomic E-state index is 0.283. The Morgan fingerprint density at radius 1 is 0.815 bits per heavy atom. The molecule has 0 bridgehead atoms. The Morgan fingerprint density at radius 2 is 1.52 bits per heavy atom. The molecule has 134 valence electrons. The molecule has 4 aromatic rings.